The van der Waals surface area contributed by atoms with E-state index in [4.69, 9.17) is 0 Å². The molecule has 1 aromatic rings. The summed E-state index contributed by atoms with van der Waals surface area (Å²) in [6, 6.07) is 6.16. The molecule has 0 saturated carbocycles. The third-order valence-corrected chi connectivity index (χ3v) is 5.20. The van der Waals surface area contributed by atoms with Crippen molar-refractivity contribution in [1.29, 1.82) is 0 Å². The molecule has 0 bridgehead atoms. The van der Waals surface area contributed by atoms with E-state index in [0.29, 0.717) is 24.8 Å². The van der Waals surface area contributed by atoms with Crippen LogP contribution in [0.5, 0.6) is 0 Å². The number of hydrogen-bond acceptors (Lipinski definition) is 2. The standard InChI is InChI=1S/C21H31FN2O2/c1-5-16-14-24(20(26)21(2,3)4)11-10-17(16)12-19(25)23-13-15-6-8-18(22)9-7-15/h6-9,16-17H,5,10-14H2,1-4H3,(H,23,25). The van der Waals surface area contributed by atoms with Crippen LogP contribution in [0.2, 0.25) is 0 Å². The molecule has 2 atom stereocenters. The number of benzene rings is 1. The molecule has 1 aliphatic rings. The number of hydrogen-bond donors (Lipinski definition) is 1. The van der Waals surface area contributed by atoms with Gasteiger partial charge in [-0.1, -0.05) is 46.2 Å². The lowest BCUT2D eigenvalue weighted by Crippen LogP contribution is -2.48. The molecule has 0 aromatic heterocycles. The van der Waals surface area contributed by atoms with Crippen molar-refractivity contribution in [2.24, 2.45) is 17.3 Å². The summed E-state index contributed by atoms with van der Waals surface area (Å²) >= 11 is 0. The van der Waals surface area contributed by atoms with E-state index in [2.05, 4.69) is 12.2 Å². The Kier molecular flexibility index (Phi) is 6.79. The van der Waals surface area contributed by atoms with Crippen LogP contribution in [0.1, 0.15) is 52.5 Å². The van der Waals surface area contributed by atoms with Crippen molar-refractivity contribution in [1.82, 2.24) is 10.2 Å². The first kappa shape index (κ1) is 20.4. The molecular formula is C21H31FN2O2. The van der Waals surface area contributed by atoms with Crippen LogP contribution in [-0.4, -0.2) is 29.8 Å². The molecule has 1 fully saturated rings. The Morgan fingerprint density at radius 1 is 1.19 bits per heavy atom. The summed E-state index contributed by atoms with van der Waals surface area (Å²) in [5.74, 6) is 0.592. The minimum atomic E-state index is -0.363. The first-order valence-corrected chi connectivity index (χ1v) is 9.51. The average molecular weight is 362 g/mol. The molecule has 1 saturated heterocycles. The van der Waals surface area contributed by atoms with Gasteiger partial charge in [-0.3, -0.25) is 9.59 Å². The quantitative estimate of drug-likeness (QED) is 0.867. The van der Waals surface area contributed by atoms with Crippen LogP contribution < -0.4 is 5.32 Å². The summed E-state index contributed by atoms with van der Waals surface area (Å²) in [6.45, 7) is 9.85. The topological polar surface area (TPSA) is 49.4 Å². The summed E-state index contributed by atoms with van der Waals surface area (Å²) in [5.41, 5.74) is 0.523. The van der Waals surface area contributed by atoms with Gasteiger partial charge < -0.3 is 10.2 Å². The van der Waals surface area contributed by atoms with Gasteiger partial charge in [0.05, 0.1) is 0 Å². The number of carbonyl (C=O) groups excluding carboxylic acids is 2. The molecule has 26 heavy (non-hydrogen) atoms. The van der Waals surface area contributed by atoms with E-state index >= 15 is 0 Å². The van der Waals surface area contributed by atoms with Gasteiger partial charge >= 0.3 is 0 Å². The molecule has 1 heterocycles. The van der Waals surface area contributed by atoms with Crippen LogP contribution in [0, 0.1) is 23.1 Å². The van der Waals surface area contributed by atoms with Crippen molar-refractivity contribution < 1.29 is 14.0 Å². The maximum atomic E-state index is 12.9. The van der Waals surface area contributed by atoms with Crippen LogP contribution in [0.3, 0.4) is 0 Å². The Bertz CT molecular complexity index is 622. The van der Waals surface area contributed by atoms with Crippen molar-refractivity contribution in [2.75, 3.05) is 13.1 Å². The summed E-state index contributed by atoms with van der Waals surface area (Å²) in [5, 5.41) is 2.93. The highest BCUT2D eigenvalue weighted by Gasteiger charge is 2.35. The normalized spacial score (nSPS) is 20.7. The average Bonchev–Trinajstić information content (AvgIpc) is 2.60. The van der Waals surface area contributed by atoms with Crippen LogP contribution in [0.25, 0.3) is 0 Å². The minimum absolute atomic E-state index is 0.0216. The second-order valence-corrected chi connectivity index (χ2v) is 8.33. The number of likely N-dealkylation sites (tertiary alicyclic amines) is 1. The fourth-order valence-corrected chi connectivity index (χ4v) is 3.58. The molecule has 2 amide bonds. The number of piperidine rings is 1. The van der Waals surface area contributed by atoms with E-state index in [1.165, 1.54) is 12.1 Å². The number of rotatable bonds is 5. The second kappa shape index (κ2) is 8.65. The Morgan fingerprint density at radius 3 is 2.42 bits per heavy atom. The lowest BCUT2D eigenvalue weighted by Gasteiger charge is -2.40. The van der Waals surface area contributed by atoms with E-state index in [9.17, 15) is 14.0 Å². The number of halogens is 1. The van der Waals surface area contributed by atoms with Gasteiger partial charge in [-0.15, -0.1) is 0 Å². The first-order chi connectivity index (χ1) is 12.2. The molecule has 144 valence electrons. The Balaban J connectivity index is 1.85. The minimum Gasteiger partial charge on any atom is -0.352 e. The maximum Gasteiger partial charge on any atom is 0.227 e. The second-order valence-electron chi connectivity index (χ2n) is 8.33. The number of carbonyl (C=O) groups is 2. The molecule has 2 rings (SSSR count). The fourth-order valence-electron chi connectivity index (χ4n) is 3.58. The zero-order chi connectivity index (χ0) is 19.3. The molecule has 1 aromatic carbocycles. The van der Waals surface area contributed by atoms with Gasteiger partial charge in [-0.05, 0) is 36.0 Å². The van der Waals surface area contributed by atoms with Crippen LogP contribution in [0.15, 0.2) is 24.3 Å². The van der Waals surface area contributed by atoms with Crippen LogP contribution in [-0.2, 0) is 16.1 Å². The zero-order valence-corrected chi connectivity index (χ0v) is 16.3. The monoisotopic (exact) mass is 362 g/mol. The third-order valence-electron chi connectivity index (χ3n) is 5.20. The van der Waals surface area contributed by atoms with Crippen molar-refractivity contribution in [2.45, 2.75) is 53.5 Å². The van der Waals surface area contributed by atoms with Crippen molar-refractivity contribution in [3.05, 3.63) is 35.6 Å². The summed E-state index contributed by atoms with van der Waals surface area (Å²) in [4.78, 5) is 26.8. The van der Waals surface area contributed by atoms with Gasteiger partial charge in [0.2, 0.25) is 11.8 Å². The summed E-state index contributed by atoms with van der Waals surface area (Å²) in [6.07, 6.45) is 2.31. The largest absolute Gasteiger partial charge is 0.352 e. The van der Waals surface area contributed by atoms with E-state index in [1.54, 1.807) is 12.1 Å². The van der Waals surface area contributed by atoms with E-state index in [-0.39, 0.29) is 23.0 Å². The molecule has 4 nitrogen and oxygen atoms in total. The maximum absolute atomic E-state index is 12.9. The highest BCUT2D eigenvalue weighted by atomic mass is 19.1. The molecular weight excluding hydrogens is 331 g/mol. The van der Waals surface area contributed by atoms with Crippen molar-refractivity contribution >= 4 is 11.8 Å². The first-order valence-electron chi connectivity index (χ1n) is 9.51. The fraction of sp³-hybridized carbons (Fsp3) is 0.619. The van der Waals surface area contributed by atoms with Crippen molar-refractivity contribution in [3.63, 3.8) is 0 Å². The highest BCUT2D eigenvalue weighted by Crippen LogP contribution is 2.31. The molecule has 1 N–H and O–H groups in total. The van der Waals surface area contributed by atoms with E-state index in [0.717, 1.165) is 31.5 Å². The zero-order valence-electron chi connectivity index (χ0n) is 16.3. The van der Waals surface area contributed by atoms with Crippen LogP contribution in [0.4, 0.5) is 4.39 Å². The van der Waals surface area contributed by atoms with Crippen molar-refractivity contribution in [3.8, 4) is 0 Å². The Morgan fingerprint density at radius 2 is 1.85 bits per heavy atom. The predicted molar refractivity (Wildman–Crippen MR) is 101 cm³/mol. The predicted octanol–water partition coefficient (Wildman–Crippen LogP) is 3.75. The number of nitrogens with zero attached hydrogens (tertiary/aromatic N) is 1. The molecule has 0 radical (unpaired) electrons. The van der Waals surface area contributed by atoms with Gasteiger partial charge in [-0.2, -0.15) is 0 Å². The lowest BCUT2D eigenvalue weighted by atomic mass is 9.80. The summed E-state index contributed by atoms with van der Waals surface area (Å²) in [7, 11) is 0. The van der Waals surface area contributed by atoms with Gasteiger partial charge in [0.25, 0.3) is 0 Å². The molecule has 0 spiro atoms. The smallest absolute Gasteiger partial charge is 0.227 e. The Hall–Kier alpha value is -1.91. The van der Waals surface area contributed by atoms with E-state index in [1.807, 2.05) is 25.7 Å². The molecule has 1 aliphatic heterocycles. The van der Waals surface area contributed by atoms with Gasteiger partial charge in [0.15, 0.2) is 0 Å². The van der Waals surface area contributed by atoms with Gasteiger partial charge in [-0.25, -0.2) is 4.39 Å². The third kappa shape index (κ3) is 5.55. The highest BCUT2D eigenvalue weighted by molar-refractivity contribution is 5.81. The molecule has 2 unspecified atom stereocenters. The number of amides is 2. The van der Waals surface area contributed by atoms with Gasteiger partial charge in [0, 0.05) is 31.5 Å². The lowest BCUT2D eigenvalue weighted by molar-refractivity contribution is -0.142. The van der Waals surface area contributed by atoms with Gasteiger partial charge in [0.1, 0.15) is 5.82 Å². The van der Waals surface area contributed by atoms with E-state index < -0.39 is 0 Å². The molecule has 0 aliphatic carbocycles. The Labute approximate surface area is 156 Å². The number of nitrogens with one attached hydrogen (secondary N) is 1. The van der Waals surface area contributed by atoms with Crippen LogP contribution >= 0.6 is 0 Å². The SMILES string of the molecule is CCC1CN(C(=O)C(C)(C)C)CCC1CC(=O)NCc1ccc(F)cc1. The molecule has 5 heteroatoms. The summed E-state index contributed by atoms with van der Waals surface area (Å²) < 4.78 is 12.9.